The molecule has 1 aliphatic heterocycles. The molecule has 0 aromatic heterocycles. The number of aryl methyl sites for hydroxylation is 1. The van der Waals surface area contributed by atoms with Gasteiger partial charge >= 0.3 is 0 Å². The van der Waals surface area contributed by atoms with Crippen LogP contribution >= 0.6 is 0 Å². The number of methoxy groups -OCH3 is 2. The zero-order chi connectivity index (χ0) is 20.6. The van der Waals surface area contributed by atoms with Gasteiger partial charge in [-0.15, -0.1) is 0 Å². The number of hydrogen-bond acceptors (Lipinski definition) is 5. The number of nitrogens with zero attached hydrogens (tertiary/aromatic N) is 1. The van der Waals surface area contributed by atoms with Crippen LogP contribution in [0.25, 0.3) is 0 Å². The fourth-order valence-electron chi connectivity index (χ4n) is 3.25. The minimum Gasteiger partial charge on any atom is -0.497 e. The van der Waals surface area contributed by atoms with Crippen LogP contribution in [-0.2, 0) is 20.7 Å². The number of anilines is 1. The topological polar surface area (TPSA) is 77.1 Å². The molecule has 0 bridgehead atoms. The van der Waals surface area contributed by atoms with Crippen molar-refractivity contribution in [2.75, 3.05) is 38.8 Å². The first-order chi connectivity index (χ1) is 14.1. The maximum atomic E-state index is 12.3. The number of hydrogen-bond donors (Lipinski definition) is 1. The maximum Gasteiger partial charge on any atom is 0.253 e. The summed E-state index contributed by atoms with van der Waals surface area (Å²) in [4.78, 5) is 26.2. The third kappa shape index (κ3) is 5.48. The van der Waals surface area contributed by atoms with Crippen molar-refractivity contribution in [2.45, 2.75) is 18.9 Å². The van der Waals surface area contributed by atoms with Gasteiger partial charge < -0.3 is 24.4 Å². The molecule has 1 saturated heterocycles. The van der Waals surface area contributed by atoms with Crippen molar-refractivity contribution < 1.29 is 23.8 Å². The minimum atomic E-state index is -0.269. The third-order valence-corrected chi connectivity index (χ3v) is 4.84. The Hall–Kier alpha value is -3.06. The molecule has 0 aliphatic carbocycles. The average molecular weight is 398 g/mol. The van der Waals surface area contributed by atoms with Crippen LogP contribution in [0, 0.1) is 0 Å². The zero-order valence-corrected chi connectivity index (χ0v) is 16.7. The summed E-state index contributed by atoms with van der Waals surface area (Å²) in [5, 5.41) is 2.90. The number of para-hydroxylation sites is 1. The Labute approximate surface area is 170 Å². The first-order valence-corrected chi connectivity index (χ1v) is 9.55. The molecule has 1 N–H and O–H groups in total. The summed E-state index contributed by atoms with van der Waals surface area (Å²) in [5.41, 5.74) is 1.75. The van der Waals surface area contributed by atoms with Gasteiger partial charge in [0.15, 0.2) is 0 Å². The van der Waals surface area contributed by atoms with Crippen LogP contribution in [0.1, 0.15) is 12.0 Å². The summed E-state index contributed by atoms with van der Waals surface area (Å²) in [6.45, 7) is 0.705. The molecule has 2 aromatic rings. The van der Waals surface area contributed by atoms with E-state index in [1.54, 1.807) is 19.1 Å². The lowest BCUT2D eigenvalue weighted by molar-refractivity contribution is -0.129. The number of morpholine rings is 1. The summed E-state index contributed by atoms with van der Waals surface area (Å²) in [6, 6.07) is 15.0. The van der Waals surface area contributed by atoms with Crippen LogP contribution in [0.3, 0.4) is 0 Å². The molecule has 1 fully saturated rings. The van der Waals surface area contributed by atoms with E-state index in [0.29, 0.717) is 31.7 Å². The second-order valence-corrected chi connectivity index (χ2v) is 6.75. The summed E-state index contributed by atoms with van der Waals surface area (Å²) in [6.07, 6.45) is 0.677. The number of rotatable bonds is 8. The smallest absolute Gasteiger partial charge is 0.253 e. The van der Waals surface area contributed by atoms with E-state index in [9.17, 15) is 9.59 Å². The first-order valence-electron chi connectivity index (χ1n) is 9.55. The van der Waals surface area contributed by atoms with Gasteiger partial charge in [-0.1, -0.05) is 24.3 Å². The lowest BCUT2D eigenvalue weighted by Crippen LogP contribution is -2.50. The molecule has 3 rings (SSSR count). The number of amides is 2. The standard InChI is InChI=1S/C22H26N2O5/c1-27-18-8-5-7-17(12-18)24-14-19(29-15-22(24)26)13-23-21(25)11-10-16-6-3-4-9-20(16)28-2/h3-9,12,19H,10-11,13-15H2,1-2H3,(H,23,25). The normalized spacial score (nSPS) is 16.4. The van der Waals surface area contributed by atoms with E-state index in [1.807, 2.05) is 48.5 Å². The van der Waals surface area contributed by atoms with E-state index in [0.717, 1.165) is 17.0 Å². The largest absolute Gasteiger partial charge is 0.497 e. The summed E-state index contributed by atoms with van der Waals surface area (Å²) in [7, 11) is 3.21. The Kier molecular flexibility index (Phi) is 7.08. The van der Waals surface area contributed by atoms with E-state index >= 15 is 0 Å². The highest BCUT2D eigenvalue weighted by Gasteiger charge is 2.28. The predicted molar refractivity (Wildman–Crippen MR) is 109 cm³/mol. The molecule has 0 saturated carbocycles. The van der Waals surface area contributed by atoms with Crippen LogP contribution in [0.4, 0.5) is 5.69 Å². The molecule has 1 atom stereocenters. The van der Waals surface area contributed by atoms with Gasteiger partial charge in [-0.2, -0.15) is 0 Å². The Morgan fingerprint density at radius 1 is 1.17 bits per heavy atom. The molecular weight excluding hydrogens is 372 g/mol. The fraction of sp³-hybridized carbons (Fsp3) is 0.364. The number of benzene rings is 2. The monoisotopic (exact) mass is 398 g/mol. The van der Waals surface area contributed by atoms with Crippen LogP contribution in [-0.4, -0.2) is 51.8 Å². The highest BCUT2D eigenvalue weighted by molar-refractivity contribution is 5.95. The highest BCUT2D eigenvalue weighted by atomic mass is 16.5. The number of nitrogens with one attached hydrogen (secondary N) is 1. The van der Waals surface area contributed by atoms with E-state index in [-0.39, 0.29) is 24.5 Å². The van der Waals surface area contributed by atoms with Crippen molar-refractivity contribution in [3.05, 3.63) is 54.1 Å². The van der Waals surface area contributed by atoms with Crippen LogP contribution in [0.2, 0.25) is 0 Å². The molecule has 7 heteroatoms. The molecule has 0 radical (unpaired) electrons. The van der Waals surface area contributed by atoms with E-state index < -0.39 is 0 Å². The van der Waals surface area contributed by atoms with Gasteiger partial charge in [0, 0.05) is 24.7 Å². The zero-order valence-electron chi connectivity index (χ0n) is 16.7. The van der Waals surface area contributed by atoms with Crippen molar-refractivity contribution >= 4 is 17.5 Å². The Morgan fingerprint density at radius 3 is 2.79 bits per heavy atom. The van der Waals surface area contributed by atoms with Gasteiger partial charge in [0.1, 0.15) is 18.1 Å². The van der Waals surface area contributed by atoms with Crippen LogP contribution in [0.5, 0.6) is 11.5 Å². The van der Waals surface area contributed by atoms with Gasteiger partial charge in [0.2, 0.25) is 5.91 Å². The Balaban J connectivity index is 1.51. The van der Waals surface area contributed by atoms with Gasteiger partial charge in [-0.05, 0) is 30.2 Å². The molecule has 2 aromatic carbocycles. The van der Waals surface area contributed by atoms with Crippen molar-refractivity contribution in [2.24, 2.45) is 0 Å². The number of carbonyl (C=O) groups excluding carboxylic acids is 2. The summed E-state index contributed by atoms with van der Waals surface area (Å²) >= 11 is 0. The summed E-state index contributed by atoms with van der Waals surface area (Å²) < 4.78 is 16.1. The van der Waals surface area contributed by atoms with Gasteiger partial charge in [-0.25, -0.2) is 0 Å². The van der Waals surface area contributed by atoms with Crippen LogP contribution in [0.15, 0.2) is 48.5 Å². The van der Waals surface area contributed by atoms with Crippen molar-refractivity contribution in [3.8, 4) is 11.5 Å². The quantitative estimate of drug-likeness (QED) is 0.738. The van der Waals surface area contributed by atoms with Gasteiger partial charge in [0.25, 0.3) is 5.91 Å². The van der Waals surface area contributed by atoms with Crippen molar-refractivity contribution in [1.29, 1.82) is 0 Å². The molecule has 1 heterocycles. The average Bonchev–Trinajstić information content (AvgIpc) is 2.77. The van der Waals surface area contributed by atoms with Crippen LogP contribution < -0.4 is 19.7 Å². The molecule has 1 unspecified atom stereocenters. The SMILES string of the molecule is COc1cccc(N2CC(CNC(=O)CCc3ccccc3OC)OCC2=O)c1. The third-order valence-electron chi connectivity index (χ3n) is 4.84. The molecule has 1 aliphatic rings. The van der Waals surface area contributed by atoms with Gasteiger partial charge in [0.05, 0.1) is 26.9 Å². The lowest BCUT2D eigenvalue weighted by atomic mass is 10.1. The summed E-state index contributed by atoms with van der Waals surface area (Å²) in [5.74, 6) is 1.28. The highest BCUT2D eigenvalue weighted by Crippen LogP contribution is 2.23. The van der Waals surface area contributed by atoms with E-state index in [4.69, 9.17) is 14.2 Å². The van der Waals surface area contributed by atoms with E-state index in [1.165, 1.54) is 0 Å². The molecular formula is C22H26N2O5. The second kappa shape index (κ2) is 9.93. The molecule has 7 nitrogen and oxygen atoms in total. The molecule has 29 heavy (non-hydrogen) atoms. The van der Waals surface area contributed by atoms with Crippen molar-refractivity contribution in [3.63, 3.8) is 0 Å². The number of carbonyl (C=O) groups is 2. The molecule has 0 spiro atoms. The fourth-order valence-corrected chi connectivity index (χ4v) is 3.25. The maximum absolute atomic E-state index is 12.3. The predicted octanol–water partition coefficient (Wildman–Crippen LogP) is 2.18. The molecule has 154 valence electrons. The Morgan fingerprint density at radius 2 is 2.00 bits per heavy atom. The van der Waals surface area contributed by atoms with Crippen molar-refractivity contribution in [1.82, 2.24) is 5.32 Å². The van der Waals surface area contributed by atoms with Gasteiger partial charge in [-0.3, -0.25) is 9.59 Å². The first kappa shape index (κ1) is 20.7. The Bertz CT molecular complexity index is 855. The second-order valence-electron chi connectivity index (χ2n) is 6.75. The molecule has 2 amide bonds. The minimum absolute atomic E-state index is 0.0149. The number of ether oxygens (including phenoxy) is 3. The lowest BCUT2D eigenvalue weighted by Gasteiger charge is -2.33. The van der Waals surface area contributed by atoms with E-state index in [2.05, 4.69) is 5.32 Å².